The Morgan fingerprint density at radius 2 is 2.19 bits per heavy atom. The van der Waals surface area contributed by atoms with Crippen LogP contribution in [0.4, 0.5) is 0 Å². The van der Waals surface area contributed by atoms with Gasteiger partial charge in [0.2, 0.25) is 0 Å². The minimum Gasteiger partial charge on any atom is -0.381 e. The molecular weight excluding hydrogens is 200 g/mol. The molecular formula is C13H20N2O. The van der Waals surface area contributed by atoms with E-state index in [1.165, 1.54) is 18.4 Å². The molecule has 0 aromatic carbocycles. The van der Waals surface area contributed by atoms with Crippen LogP contribution in [0.1, 0.15) is 24.8 Å². The van der Waals surface area contributed by atoms with Gasteiger partial charge in [0.15, 0.2) is 0 Å². The van der Waals surface area contributed by atoms with Crippen LogP contribution in [0.15, 0.2) is 24.5 Å². The smallest absolute Gasteiger partial charge is 0.0586 e. The van der Waals surface area contributed by atoms with Crippen molar-refractivity contribution in [3.05, 3.63) is 30.1 Å². The first-order chi connectivity index (χ1) is 7.88. The van der Waals surface area contributed by atoms with Gasteiger partial charge in [-0.1, -0.05) is 0 Å². The van der Waals surface area contributed by atoms with E-state index in [9.17, 15) is 0 Å². The molecule has 0 bridgehead atoms. The second-order valence-corrected chi connectivity index (χ2v) is 4.43. The molecule has 0 amide bonds. The molecule has 2 atom stereocenters. The van der Waals surface area contributed by atoms with E-state index in [0.717, 1.165) is 19.4 Å². The van der Waals surface area contributed by atoms with Gasteiger partial charge in [-0.3, -0.25) is 4.98 Å². The number of hydrogen-bond acceptors (Lipinski definition) is 3. The normalized spacial score (nSPS) is 24.8. The monoisotopic (exact) mass is 220 g/mol. The summed E-state index contributed by atoms with van der Waals surface area (Å²) in [4.78, 5) is 4.01. The van der Waals surface area contributed by atoms with E-state index < -0.39 is 0 Å². The maximum Gasteiger partial charge on any atom is 0.0586 e. The standard InChI is InChI=1S/C13H20N2O/c1-16-13-3-2-12(10-13)15-9-6-11-4-7-14-8-5-11/h4-5,7-8,12-13,15H,2-3,6,9-10H2,1H3. The molecule has 88 valence electrons. The Morgan fingerprint density at radius 1 is 1.38 bits per heavy atom. The number of pyridine rings is 1. The van der Waals surface area contributed by atoms with Crippen molar-refractivity contribution in [3.8, 4) is 0 Å². The fourth-order valence-electron chi connectivity index (χ4n) is 2.31. The molecule has 3 nitrogen and oxygen atoms in total. The Bertz CT molecular complexity index is 302. The van der Waals surface area contributed by atoms with Gasteiger partial charge in [-0.2, -0.15) is 0 Å². The van der Waals surface area contributed by atoms with Crippen molar-refractivity contribution in [1.82, 2.24) is 10.3 Å². The van der Waals surface area contributed by atoms with Crippen molar-refractivity contribution in [2.45, 2.75) is 37.8 Å². The number of nitrogens with one attached hydrogen (secondary N) is 1. The maximum atomic E-state index is 5.36. The lowest BCUT2D eigenvalue weighted by atomic mass is 10.2. The maximum absolute atomic E-state index is 5.36. The van der Waals surface area contributed by atoms with Gasteiger partial charge in [-0.05, 0) is 49.9 Å². The van der Waals surface area contributed by atoms with Gasteiger partial charge in [0, 0.05) is 25.5 Å². The van der Waals surface area contributed by atoms with E-state index >= 15 is 0 Å². The van der Waals surface area contributed by atoms with Crippen LogP contribution >= 0.6 is 0 Å². The van der Waals surface area contributed by atoms with E-state index in [-0.39, 0.29) is 0 Å². The Kier molecular flexibility index (Phi) is 4.31. The number of ether oxygens (including phenoxy) is 1. The van der Waals surface area contributed by atoms with Crippen LogP contribution in [0.3, 0.4) is 0 Å². The molecule has 1 N–H and O–H groups in total. The molecule has 1 aromatic heterocycles. The number of methoxy groups -OCH3 is 1. The number of nitrogens with zero attached hydrogens (tertiary/aromatic N) is 1. The van der Waals surface area contributed by atoms with Crippen molar-refractivity contribution in [2.24, 2.45) is 0 Å². The first-order valence-electron chi connectivity index (χ1n) is 6.03. The molecule has 0 saturated heterocycles. The highest BCUT2D eigenvalue weighted by Crippen LogP contribution is 2.21. The van der Waals surface area contributed by atoms with Crippen LogP contribution in [-0.4, -0.2) is 30.8 Å². The van der Waals surface area contributed by atoms with Gasteiger partial charge >= 0.3 is 0 Å². The van der Waals surface area contributed by atoms with Crippen LogP contribution in [-0.2, 0) is 11.2 Å². The Morgan fingerprint density at radius 3 is 2.88 bits per heavy atom. The largest absolute Gasteiger partial charge is 0.381 e. The number of hydrogen-bond donors (Lipinski definition) is 1. The Labute approximate surface area is 97.2 Å². The molecule has 1 saturated carbocycles. The molecule has 16 heavy (non-hydrogen) atoms. The molecule has 3 heteroatoms. The van der Waals surface area contributed by atoms with Crippen LogP contribution in [0.5, 0.6) is 0 Å². The van der Waals surface area contributed by atoms with Crippen LogP contribution in [0, 0.1) is 0 Å². The lowest BCUT2D eigenvalue weighted by Crippen LogP contribution is -2.29. The second-order valence-electron chi connectivity index (χ2n) is 4.43. The van der Waals surface area contributed by atoms with Gasteiger partial charge in [-0.25, -0.2) is 0 Å². The third-order valence-corrected chi connectivity index (χ3v) is 3.31. The van der Waals surface area contributed by atoms with Crippen molar-refractivity contribution in [3.63, 3.8) is 0 Å². The fraction of sp³-hybridized carbons (Fsp3) is 0.615. The van der Waals surface area contributed by atoms with Crippen molar-refractivity contribution < 1.29 is 4.74 Å². The molecule has 0 aliphatic heterocycles. The molecule has 2 rings (SSSR count). The predicted molar refractivity (Wildman–Crippen MR) is 64.4 cm³/mol. The summed E-state index contributed by atoms with van der Waals surface area (Å²) in [5, 5.41) is 3.59. The first-order valence-corrected chi connectivity index (χ1v) is 6.03. The molecule has 2 unspecified atom stereocenters. The topological polar surface area (TPSA) is 34.1 Å². The third kappa shape index (κ3) is 3.29. The highest BCUT2D eigenvalue weighted by Gasteiger charge is 2.23. The van der Waals surface area contributed by atoms with E-state index in [4.69, 9.17) is 4.74 Å². The average Bonchev–Trinajstić information content (AvgIpc) is 2.78. The fourth-order valence-corrected chi connectivity index (χ4v) is 2.31. The minimum atomic E-state index is 0.471. The predicted octanol–water partition coefficient (Wildman–Crippen LogP) is 1.78. The lowest BCUT2D eigenvalue weighted by molar-refractivity contribution is 0.107. The number of rotatable bonds is 5. The molecule has 1 aliphatic carbocycles. The summed E-state index contributed by atoms with van der Waals surface area (Å²) >= 11 is 0. The number of aromatic nitrogens is 1. The van der Waals surface area contributed by atoms with E-state index in [1.807, 2.05) is 19.5 Å². The second kappa shape index (κ2) is 5.97. The molecule has 1 heterocycles. The van der Waals surface area contributed by atoms with E-state index in [0.29, 0.717) is 12.1 Å². The van der Waals surface area contributed by atoms with Gasteiger partial charge in [-0.15, -0.1) is 0 Å². The Balaban J connectivity index is 1.65. The van der Waals surface area contributed by atoms with Crippen LogP contribution < -0.4 is 5.32 Å². The zero-order valence-electron chi connectivity index (χ0n) is 9.86. The zero-order valence-corrected chi connectivity index (χ0v) is 9.86. The summed E-state index contributed by atoms with van der Waals surface area (Å²) in [7, 11) is 1.81. The van der Waals surface area contributed by atoms with Crippen LogP contribution in [0.2, 0.25) is 0 Å². The summed E-state index contributed by atoms with van der Waals surface area (Å²) in [6.45, 7) is 1.05. The van der Waals surface area contributed by atoms with Crippen molar-refractivity contribution in [1.29, 1.82) is 0 Å². The lowest BCUT2D eigenvalue weighted by Gasteiger charge is -2.12. The van der Waals surface area contributed by atoms with Gasteiger partial charge in [0.1, 0.15) is 0 Å². The zero-order chi connectivity index (χ0) is 11.2. The minimum absolute atomic E-state index is 0.471. The SMILES string of the molecule is COC1CCC(NCCc2ccncc2)C1. The van der Waals surface area contributed by atoms with Gasteiger partial charge in [0.25, 0.3) is 0 Å². The van der Waals surface area contributed by atoms with Crippen LogP contribution in [0.25, 0.3) is 0 Å². The van der Waals surface area contributed by atoms with E-state index in [2.05, 4.69) is 22.4 Å². The summed E-state index contributed by atoms with van der Waals surface area (Å²) in [5.74, 6) is 0. The quantitative estimate of drug-likeness (QED) is 0.821. The highest BCUT2D eigenvalue weighted by atomic mass is 16.5. The molecule has 1 fully saturated rings. The molecule has 1 aromatic rings. The summed E-state index contributed by atoms with van der Waals surface area (Å²) in [6, 6.07) is 4.80. The summed E-state index contributed by atoms with van der Waals surface area (Å²) < 4.78 is 5.36. The van der Waals surface area contributed by atoms with Gasteiger partial charge < -0.3 is 10.1 Å². The van der Waals surface area contributed by atoms with Crippen molar-refractivity contribution >= 4 is 0 Å². The average molecular weight is 220 g/mol. The molecule has 1 aliphatic rings. The molecule has 0 radical (unpaired) electrons. The highest BCUT2D eigenvalue weighted by molar-refractivity contribution is 5.09. The van der Waals surface area contributed by atoms with Crippen molar-refractivity contribution in [2.75, 3.05) is 13.7 Å². The van der Waals surface area contributed by atoms with E-state index in [1.54, 1.807) is 0 Å². The first kappa shape index (κ1) is 11.6. The third-order valence-electron chi connectivity index (χ3n) is 3.31. The summed E-state index contributed by atoms with van der Waals surface area (Å²) in [5.41, 5.74) is 1.35. The van der Waals surface area contributed by atoms with Gasteiger partial charge in [0.05, 0.1) is 6.10 Å². The Hall–Kier alpha value is -0.930. The molecule has 0 spiro atoms. The summed E-state index contributed by atoms with van der Waals surface area (Å²) in [6.07, 6.45) is 8.86.